The summed E-state index contributed by atoms with van der Waals surface area (Å²) in [6, 6.07) is 6.33. The lowest BCUT2D eigenvalue weighted by Crippen LogP contribution is -2.46. The Morgan fingerprint density at radius 2 is 2.00 bits per heavy atom. The van der Waals surface area contributed by atoms with Gasteiger partial charge in [-0.15, -0.1) is 0 Å². The van der Waals surface area contributed by atoms with E-state index in [1.807, 2.05) is 13.0 Å². The molecule has 1 aromatic carbocycles. The van der Waals surface area contributed by atoms with Crippen molar-refractivity contribution in [3.63, 3.8) is 0 Å². The van der Waals surface area contributed by atoms with Crippen LogP contribution in [0.5, 0.6) is 5.75 Å². The largest absolute Gasteiger partial charge is 0.508 e. The van der Waals surface area contributed by atoms with Gasteiger partial charge in [0.1, 0.15) is 5.75 Å². The third-order valence-electron chi connectivity index (χ3n) is 3.84. The average molecular weight is 292 g/mol. The second-order valence-electron chi connectivity index (χ2n) is 5.37. The molecule has 6 nitrogen and oxygen atoms in total. The zero-order valence-electron chi connectivity index (χ0n) is 12.0. The number of carboxylic acid groups (broad SMARTS) is 1. The molecule has 6 heteroatoms. The monoisotopic (exact) mass is 292 g/mol. The number of phenolic OH excluding ortho intramolecular Hbond substituents is 1. The molecule has 2 rings (SSSR count). The van der Waals surface area contributed by atoms with Crippen LogP contribution in [0.2, 0.25) is 0 Å². The molecular formula is C15H20N2O4. The topological polar surface area (TPSA) is 89.9 Å². The highest BCUT2D eigenvalue weighted by Gasteiger charge is 2.27. The molecule has 114 valence electrons. The first-order valence-corrected chi connectivity index (χ1v) is 7.04. The van der Waals surface area contributed by atoms with Gasteiger partial charge in [0.15, 0.2) is 0 Å². The number of carbonyl (C=O) groups is 2. The first-order chi connectivity index (χ1) is 9.97. The minimum atomic E-state index is -0.789. The van der Waals surface area contributed by atoms with Gasteiger partial charge in [-0.1, -0.05) is 12.1 Å². The van der Waals surface area contributed by atoms with Crippen molar-refractivity contribution >= 4 is 12.0 Å². The molecule has 1 aromatic rings. The van der Waals surface area contributed by atoms with Crippen molar-refractivity contribution in [3.8, 4) is 5.75 Å². The van der Waals surface area contributed by atoms with E-state index in [1.54, 1.807) is 23.1 Å². The highest BCUT2D eigenvalue weighted by Crippen LogP contribution is 2.20. The molecular weight excluding hydrogens is 272 g/mol. The van der Waals surface area contributed by atoms with Crippen LogP contribution in [0.15, 0.2) is 24.3 Å². The van der Waals surface area contributed by atoms with E-state index in [9.17, 15) is 14.7 Å². The van der Waals surface area contributed by atoms with E-state index in [0.29, 0.717) is 25.9 Å². The molecule has 1 aliphatic heterocycles. The van der Waals surface area contributed by atoms with Crippen molar-refractivity contribution in [2.75, 3.05) is 13.1 Å². The molecule has 1 atom stereocenters. The molecule has 1 unspecified atom stereocenters. The van der Waals surface area contributed by atoms with Crippen molar-refractivity contribution < 1.29 is 19.8 Å². The Hall–Kier alpha value is -2.24. The number of nitrogens with zero attached hydrogens (tertiary/aromatic N) is 1. The summed E-state index contributed by atoms with van der Waals surface area (Å²) in [5, 5.41) is 21.3. The lowest BCUT2D eigenvalue weighted by molar-refractivity contribution is -0.143. The molecule has 0 saturated carbocycles. The van der Waals surface area contributed by atoms with Crippen molar-refractivity contribution in [1.29, 1.82) is 0 Å². The van der Waals surface area contributed by atoms with Crippen LogP contribution < -0.4 is 5.32 Å². The Morgan fingerprint density at radius 3 is 2.57 bits per heavy atom. The summed E-state index contributed by atoms with van der Waals surface area (Å²) in [7, 11) is 0. The number of nitrogens with one attached hydrogen (secondary N) is 1. The van der Waals surface area contributed by atoms with Gasteiger partial charge < -0.3 is 20.4 Å². The predicted molar refractivity (Wildman–Crippen MR) is 77.0 cm³/mol. The Balaban J connectivity index is 1.89. The predicted octanol–water partition coefficient (Wildman–Crippen LogP) is 1.96. The van der Waals surface area contributed by atoms with E-state index in [0.717, 1.165) is 5.56 Å². The minimum Gasteiger partial charge on any atom is -0.508 e. The first kappa shape index (κ1) is 15.2. The number of amides is 2. The maximum Gasteiger partial charge on any atom is 0.317 e. The highest BCUT2D eigenvalue weighted by atomic mass is 16.4. The van der Waals surface area contributed by atoms with E-state index >= 15 is 0 Å². The first-order valence-electron chi connectivity index (χ1n) is 7.04. The molecule has 0 spiro atoms. The summed E-state index contributed by atoms with van der Waals surface area (Å²) in [6.45, 7) is 2.75. The highest BCUT2D eigenvalue weighted by molar-refractivity contribution is 5.75. The Bertz CT molecular complexity index is 524. The second-order valence-corrected chi connectivity index (χ2v) is 5.37. The number of carboxylic acids is 1. The fourth-order valence-corrected chi connectivity index (χ4v) is 2.48. The summed E-state index contributed by atoms with van der Waals surface area (Å²) < 4.78 is 0. The number of hydrogen-bond donors (Lipinski definition) is 3. The molecule has 21 heavy (non-hydrogen) atoms. The molecule has 0 aromatic heterocycles. The van der Waals surface area contributed by atoms with Crippen LogP contribution in [0.4, 0.5) is 4.79 Å². The maximum atomic E-state index is 12.1. The molecule has 3 N–H and O–H groups in total. The van der Waals surface area contributed by atoms with E-state index in [1.165, 1.54) is 0 Å². The fourth-order valence-electron chi connectivity index (χ4n) is 2.48. The van der Waals surface area contributed by atoms with Crippen molar-refractivity contribution in [1.82, 2.24) is 10.2 Å². The molecule has 0 radical (unpaired) electrons. The molecule has 0 bridgehead atoms. The third-order valence-corrected chi connectivity index (χ3v) is 3.84. The van der Waals surface area contributed by atoms with Crippen LogP contribution in [0.3, 0.4) is 0 Å². The quantitative estimate of drug-likeness (QED) is 0.794. The van der Waals surface area contributed by atoms with Crippen molar-refractivity contribution in [2.45, 2.75) is 25.8 Å². The maximum absolute atomic E-state index is 12.1. The van der Waals surface area contributed by atoms with Crippen LogP contribution in [0, 0.1) is 5.92 Å². The van der Waals surface area contributed by atoms with Crippen LogP contribution in [-0.4, -0.2) is 40.2 Å². The lowest BCUT2D eigenvalue weighted by atomic mass is 9.97. The summed E-state index contributed by atoms with van der Waals surface area (Å²) in [5.41, 5.74) is 0.823. The SMILES string of the molecule is CC(NC(=O)N1CCC(C(=O)O)CC1)c1cccc(O)c1. The number of hydrogen-bond acceptors (Lipinski definition) is 3. The lowest BCUT2D eigenvalue weighted by Gasteiger charge is -2.31. The van der Waals surface area contributed by atoms with Gasteiger partial charge in [-0.2, -0.15) is 0 Å². The number of rotatable bonds is 3. The standard InChI is InChI=1S/C15H20N2O4/c1-10(12-3-2-4-13(18)9-12)16-15(21)17-7-5-11(6-8-17)14(19)20/h2-4,9-11,18H,5-8H2,1H3,(H,16,21)(H,19,20). The van der Waals surface area contributed by atoms with Gasteiger partial charge in [0, 0.05) is 13.1 Å². The molecule has 1 fully saturated rings. The zero-order valence-corrected chi connectivity index (χ0v) is 12.0. The van der Waals surface area contributed by atoms with Gasteiger partial charge in [-0.05, 0) is 37.5 Å². The second kappa shape index (κ2) is 6.47. The van der Waals surface area contributed by atoms with Crippen molar-refractivity contribution in [2.24, 2.45) is 5.92 Å². The molecule has 1 aliphatic rings. The van der Waals surface area contributed by atoms with Gasteiger partial charge in [0.25, 0.3) is 0 Å². The van der Waals surface area contributed by atoms with Crippen LogP contribution in [0.1, 0.15) is 31.4 Å². The Morgan fingerprint density at radius 1 is 1.33 bits per heavy atom. The Labute approximate surface area is 123 Å². The summed E-state index contributed by atoms with van der Waals surface area (Å²) in [6.07, 6.45) is 0.979. The van der Waals surface area contributed by atoms with E-state index in [2.05, 4.69) is 5.32 Å². The average Bonchev–Trinajstić information content (AvgIpc) is 2.47. The summed E-state index contributed by atoms with van der Waals surface area (Å²) in [5.74, 6) is -0.975. The number of phenols is 1. The number of benzene rings is 1. The van der Waals surface area contributed by atoms with E-state index < -0.39 is 5.97 Å². The number of aromatic hydroxyl groups is 1. The summed E-state index contributed by atoms with van der Waals surface area (Å²) in [4.78, 5) is 24.7. The van der Waals surface area contributed by atoms with Gasteiger partial charge in [-0.25, -0.2) is 4.79 Å². The van der Waals surface area contributed by atoms with Crippen LogP contribution >= 0.6 is 0 Å². The van der Waals surface area contributed by atoms with Crippen LogP contribution in [0.25, 0.3) is 0 Å². The van der Waals surface area contributed by atoms with Gasteiger partial charge in [-0.3, -0.25) is 4.79 Å². The van der Waals surface area contributed by atoms with E-state index in [-0.39, 0.29) is 23.7 Å². The minimum absolute atomic E-state index is 0.163. The van der Waals surface area contributed by atoms with Gasteiger partial charge in [0.05, 0.1) is 12.0 Å². The smallest absolute Gasteiger partial charge is 0.317 e. The molecule has 0 aliphatic carbocycles. The Kier molecular flexibility index (Phi) is 4.67. The van der Waals surface area contributed by atoms with E-state index in [4.69, 9.17) is 5.11 Å². The fraction of sp³-hybridized carbons (Fsp3) is 0.467. The third kappa shape index (κ3) is 3.87. The molecule has 1 saturated heterocycles. The van der Waals surface area contributed by atoms with Gasteiger partial charge >= 0.3 is 12.0 Å². The molecule has 1 heterocycles. The van der Waals surface area contributed by atoms with Crippen molar-refractivity contribution in [3.05, 3.63) is 29.8 Å². The molecule has 2 amide bonds. The summed E-state index contributed by atoms with van der Waals surface area (Å²) >= 11 is 0. The number of carbonyl (C=O) groups excluding carboxylic acids is 1. The van der Waals surface area contributed by atoms with Crippen LogP contribution in [-0.2, 0) is 4.79 Å². The number of aliphatic carboxylic acids is 1. The van der Waals surface area contributed by atoms with Gasteiger partial charge in [0.2, 0.25) is 0 Å². The number of urea groups is 1. The number of piperidine rings is 1. The zero-order chi connectivity index (χ0) is 15.4. The normalized spacial score (nSPS) is 17.3. The number of likely N-dealkylation sites (tertiary alicyclic amines) is 1.